The summed E-state index contributed by atoms with van der Waals surface area (Å²) in [6.45, 7) is 8.57. The fraction of sp³-hybridized carbons (Fsp3) is 0.182. The third kappa shape index (κ3) is 10.4. The Morgan fingerprint density at radius 2 is 1.17 bits per heavy atom. The van der Waals surface area contributed by atoms with E-state index in [9.17, 15) is 14.4 Å². The van der Waals surface area contributed by atoms with Gasteiger partial charge in [-0.3, -0.25) is 0 Å². The Morgan fingerprint density at radius 3 is 1.67 bits per heavy atom. The molecule has 218 valence electrons. The molecule has 0 heterocycles. The third-order valence-corrected chi connectivity index (χ3v) is 5.55. The van der Waals surface area contributed by atoms with Gasteiger partial charge < -0.3 is 28.8 Å². The van der Waals surface area contributed by atoms with Crippen molar-refractivity contribution in [1.29, 1.82) is 0 Å². The number of carbonyl (C=O) groups is 3. The van der Waals surface area contributed by atoms with Gasteiger partial charge in [0.25, 0.3) is 0 Å². The molecule has 0 saturated heterocycles. The zero-order valence-corrected chi connectivity index (χ0v) is 23.2. The van der Waals surface area contributed by atoms with Crippen molar-refractivity contribution >= 4 is 24.0 Å². The molecule has 0 saturated carbocycles. The highest BCUT2D eigenvalue weighted by molar-refractivity contribution is 5.89. The number of aliphatic hydroxyl groups is 1. The van der Waals surface area contributed by atoms with E-state index >= 15 is 0 Å². The first-order valence-corrected chi connectivity index (χ1v) is 13.0. The van der Waals surface area contributed by atoms with Gasteiger partial charge in [0.1, 0.15) is 43.7 Å². The molecule has 0 fully saturated rings. The van der Waals surface area contributed by atoms with Gasteiger partial charge in [0, 0.05) is 11.6 Å². The van der Waals surface area contributed by atoms with Crippen molar-refractivity contribution in [2.45, 2.75) is 6.92 Å². The van der Waals surface area contributed by atoms with Crippen LogP contribution in [0.25, 0.3) is 17.2 Å². The molecular weight excluding hydrogens is 540 g/mol. The Labute approximate surface area is 244 Å². The van der Waals surface area contributed by atoms with E-state index in [0.717, 1.165) is 16.7 Å². The molecule has 3 aromatic rings. The molecular formula is C33H32O9. The summed E-state index contributed by atoms with van der Waals surface area (Å²) in [5, 5.41) is 8.84. The zero-order valence-electron chi connectivity index (χ0n) is 23.2. The number of benzene rings is 3. The number of carbonyl (C=O) groups excluding carboxylic acids is 3. The number of hydrogen-bond donors (Lipinski definition) is 1. The molecule has 0 aliphatic carbocycles. The molecule has 0 aromatic heterocycles. The van der Waals surface area contributed by atoms with Crippen LogP contribution in [0.2, 0.25) is 0 Å². The Balaban J connectivity index is 1.41. The molecule has 0 radical (unpaired) electrons. The first kappa shape index (κ1) is 31.4. The van der Waals surface area contributed by atoms with Crippen molar-refractivity contribution in [1.82, 2.24) is 0 Å². The quantitative estimate of drug-likeness (QED) is 0.117. The monoisotopic (exact) mass is 572 g/mol. The highest BCUT2D eigenvalue weighted by Gasteiger charge is 2.07. The third-order valence-electron chi connectivity index (χ3n) is 5.55. The minimum absolute atomic E-state index is 0.0192. The molecule has 0 spiro atoms. The maximum atomic E-state index is 12.3. The second kappa shape index (κ2) is 16.2. The fourth-order valence-corrected chi connectivity index (χ4v) is 3.33. The summed E-state index contributed by atoms with van der Waals surface area (Å²) in [6.07, 6.45) is 2.95. The first-order chi connectivity index (χ1) is 20.2. The lowest BCUT2D eigenvalue weighted by molar-refractivity contribution is -0.140. The second-order valence-corrected chi connectivity index (χ2v) is 8.88. The van der Waals surface area contributed by atoms with E-state index < -0.39 is 24.5 Å². The van der Waals surface area contributed by atoms with E-state index in [-0.39, 0.29) is 32.0 Å². The highest BCUT2D eigenvalue weighted by atomic mass is 16.6. The van der Waals surface area contributed by atoms with E-state index in [1.807, 2.05) is 36.4 Å². The molecule has 1 N–H and O–H groups in total. The molecule has 0 bridgehead atoms. The van der Waals surface area contributed by atoms with E-state index in [1.54, 1.807) is 49.4 Å². The molecule has 0 atom stereocenters. The fourth-order valence-electron chi connectivity index (χ4n) is 3.33. The zero-order chi connectivity index (χ0) is 30.3. The van der Waals surface area contributed by atoms with Crippen molar-refractivity contribution < 1.29 is 43.2 Å². The Hall–Kier alpha value is -5.15. The lowest BCUT2D eigenvalue weighted by Crippen LogP contribution is -2.14. The average molecular weight is 573 g/mol. The summed E-state index contributed by atoms with van der Waals surface area (Å²) in [5.41, 5.74) is 2.97. The van der Waals surface area contributed by atoms with Crippen molar-refractivity contribution in [2.75, 3.05) is 33.0 Å². The first-order valence-electron chi connectivity index (χ1n) is 13.0. The van der Waals surface area contributed by atoms with Crippen LogP contribution < -0.4 is 14.2 Å². The van der Waals surface area contributed by atoms with Gasteiger partial charge in [0.05, 0.1) is 12.2 Å². The molecule has 3 rings (SSSR count). The van der Waals surface area contributed by atoms with Gasteiger partial charge >= 0.3 is 17.9 Å². The lowest BCUT2D eigenvalue weighted by atomic mass is 10.1. The predicted molar refractivity (Wildman–Crippen MR) is 157 cm³/mol. The van der Waals surface area contributed by atoms with Crippen LogP contribution in [-0.2, 0) is 23.9 Å². The van der Waals surface area contributed by atoms with Crippen molar-refractivity contribution in [3.05, 3.63) is 109 Å². The van der Waals surface area contributed by atoms with Crippen LogP contribution in [0.4, 0.5) is 0 Å². The summed E-state index contributed by atoms with van der Waals surface area (Å²) >= 11 is 0. The summed E-state index contributed by atoms with van der Waals surface area (Å²) in [7, 11) is 0. The van der Waals surface area contributed by atoms with E-state index in [2.05, 4.69) is 13.2 Å². The molecule has 0 amide bonds. The summed E-state index contributed by atoms with van der Waals surface area (Å²) < 4.78 is 26.4. The van der Waals surface area contributed by atoms with Crippen LogP contribution in [0.5, 0.6) is 17.2 Å². The van der Waals surface area contributed by atoms with E-state index in [1.165, 1.54) is 6.08 Å². The van der Waals surface area contributed by atoms with Gasteiger partial charge in [-0.1, -0.05) is 49.6 Å². The second-order valence-electron chi connectivity index (χ2n) is 8.88. The molecule has 0 unspecified atom stereocenters. The molecule has 0 aliphatic heterocycles. The van der Waals surface area contributed by atoms with Crippen LogP contribution in [0, 0.1) is 0 Å². The molecule has 3 aromatic carbocycles. The Morgan fingerprint density at radius 1 is 0.690 bits per heavy atom. The van der Waals surface area contributed by atoms with E-state index in [4.69, 9.17) is 28.8 Å². The Kier molecular flexibility index (Phi) is 12.1. The number of rotatable bonds is 15. The summed E-state index contributed by atoms with van der Waals surface area (Å²) in [4.78, 5) is 35.1. The minimum atomic E-state index is -0.667. The SMILES string of the molecule is C=C(C)C(=O)OCCOc1ccc(-c2ccc(OC(=O)/C=C/c3ccc(OCCOC(=O)C(=C)CO)cc3)cc2)cc1. The normalized spacial score (nSPS) is 10.5. The maximum Gasteiger partial charge on any atom is 0.336 e. The van der Waals surface area contributed by atoms with Gasteiger partial charge in [-0.05, 0) is 66.1 Å². The number of esters is 3. The predicted octanol–water partition coefficient (Wildman–Crippen LogP) is 4.94. The van der Waals surface area contributed by atoms with Gasteiger partial charge in [0.2, 0.25) is 0 Å². The average Bonchev–Trinajstić information content (AvgIpc) is 3.01. The van der Waals surface area contributed by atoms with Crippen LogP contribution in [0.1, 0.15) is 12.5 Å². The summed E-state index contributed by atoms with van der Waals surface area (Å²) in [5.74, 6) is -0.0155. The van der Waals surface area contributed by atoms with Crippen molar-refractivity contribution in [3.63, 3.8) is 0 Å². The van der Waals surface area contributed by atoms with Crippen LogP contribution >= 0.6 is 0 Å². The van der Waals surface area contributed by atoms with Gasteiger partial charge in [-0.15, -0.1) is 0 Å². The van der Waals surface area contributed by atoms with E-state index in [0.29, 0.717) is 22.8 Å². The number of hydrogen-bond acceptors (Lipinski definition) is 9. The largest absolute Gasteiger partial charge is 0.490 e. The van der Waals surface area contributed by atoms with Crippen LogP contribution in [-0.4, -0.2) is 56.0 Å². The lowest BCUT2D eigenvalue weighted by Gasteiger charge is -2.09. The van der Waals surface area contributed by atoms with Gasteiger partial charge in [-0.2, -0.15) is 0 Å². The molecule has 9 nitrogen and oxygen atoms in total. The Bertz CT molecular complexity index is 1400. The van der Waals surface area contributed by atoms with Crippen LogP contribution in [0.15, 0.2) is 103 Å². The standard InChI is InChI=1S/C33H32O9/c1-23(2)32(36)40-20-18-39-29-13-7-26(8-14-29)27-9-15-30(16-10-27)42-31(35)17-6-25-4-11-28(12-5-25)38-19-21-41-33(37)24(3)22-34/h4-17,34H,1,3,18-22H2,2H3/b17-6+. The maximum absolute atomic E-state index is 12.3. The van der Waals surface area contributed by atoms with Crippen LogP contribution in [0.3, 0.4) is 0 Å². The highest BCUT2D eigenvalue weighted by Crippen LogP contribution is 2.25. The molecule has 9 heteroatoms. The number of ether oxygens (including phenoxy) is 5. The molecule has 0 aliphatic rings. The number of aliphatic hydroxyl groups excluding tert-OH is 1. The van der Waals surface area contributed by atoms with Gasteiger partial charge in [-0.25, -0.2) is 14.4 Å². The van der Waals surface area contributed by atoms with Crippen molar-refractivity contribution in [3.8, 4) is 28.4 Å². The summed E-state index contributed by atoms with van der Waals surface area (Å²) in [6, 6.07) is 21.5. The smallest absolute Gasteiger partial charge is 0.336 e. The van der Waals surface area contributed by atoms with Gasteiger partial charge in [0.15, 0.2) is 0 Å². The minimum Gasteiger partial charge on any atom is -0.490 e. The molecule has 42 heavy (non-hydrogen) atoms. The topological polar surface area (TPSA) is 118 Å². The van der Waals surface area contributed by atoms with Crippen molar-refractivity contribution in [2.24, 2.45) is 0 Å².